The van der Waals surface area contributed by atoms with E-state index < -0.39 is 0 Å². The van der Waals surface area contributed by atoms with Gasteiger partial charge >= 0.3 is 0 Å². The fourth-order valence-electron chi connectivity index (χ4n) is 5.43. The Kier molecular flexibility index (Phi) is 8.40. The first-order chi connectivity index (χ1) is 16.4. The van der Waals surface area contributed by atoms with E-state index in [0.717, 1.165) is 50.1 Å². The molecule has 2 aliphatic rings. The minimum atomic E-state index is -0.136. The second-order valence-corrected chi connectivity index (χ2v) is 11.2. The van der Waals surface area contributed by atoms with Crippen molar-refractivity contribution in [2.75, 3.05) is 20.1 Å². The molecule has 0 spiro atoms. The van der Waals surface area contributed by atoms with E-state index in [4.69, 9.17) is 0 Å². The van der Waals surface area contributed by atoms with E-state index in [9.17, 15) is 9.59 Å². The van der Waals surface area contributed by atoms with Crippen LogP contribution in [0, 0.1) is 11.8 Å². The molecule has 3 atom stereocenters. The van der Waals surface area contributed by atoms with E-state index in [1.807, 2.05) is 40.4 Å². The Labute approximate surface area is 207 Å². The highest BCUT2D eigenvalue weighted by Crippen LogP contribution is 2.29. The SMILES string of the molecule is CC(C)CC1CC(C(=O)N2CCC(C(Cc3ccccc3)N(C)C(=O)c3cccs3)CC2)NN1. The molecule has 3 unspecified atom stereocenters. The Morgan fingerprint density at radius 1 is 1.09 bits per heavy atom. The number of benzene rings is 1. The number of piperidine rings is 1. The molecule has 1 aromatic heterocycles. The van der Waals surface area contributed by atoms with Crippen LogP contribution in [0.25, 0.3) is 0 Å². The van der Waals surface area contributed by atoms with Crippen LogP contribution < -0.4 is 10.9 Å². The van der Waals surface area contributed by atoms with Crippen molar-refractivity contribution in [2.45, 2.75) is 64.1 Å². The van der Waals surface area contributed by atoms with Gasteiger partial charge in [0.05, 0.1) is 4.88 Å². The highest BCUT2D eigenvalue weighted by molar-refractivity contribution is 7.12. The quantitative estimate of drug-likeness (QED) is 0.598. The standard InChI is InChI=1S/C27H38N4O2S/c1-19(2)16-22-18-23(29-28-22)26(32)31-13-11-21(12-14-31)24(17-20-8-5-4-6-9-20)30(3)27(33)25-10-7-15-34-25/h4-10,15,19,21-24,28-29H,11-14,16-18H2,1-3H3. The third-order valence-electron chi connectivity index (χ3n) is 7.27. The molecule has 0 radical (unpaired) electrons. The van der Waals surface area contributed by atoms with Gasteiger partial charge in [0.25, 0.3) is 5.91 Å². The van der Waals surface area contributed by atoms with E-state index in [-0.39, 0.29) is 23.9 Å². The summed E-state index contributed by atoms with van der Waals surface area (Å²) < 4.78 is 0. The molecule has 2 N–H and O–H groups in total. The number of likely N-dealkylation sites (tertiary alicyclic amines) is 1. The summed E-state index contributed by atoms with van der Waals surface area (Å²) in [6.07, 6.45) is 4.59. The summed E-state index contributed by atoms with van der Waals surface area (Å²) >= 11 is 1.49. The van der Waals surface area contributed by atoms with Gasteiger partial charge in [0.1, 0.15) is 6.04 Å². The minimum absolute atomic E-state index is 0.0897. The normalized spacial score (nSPS) is 22.2. The Morgan fingerprint density at radius 3 is 2.47 bits per heavy atom. The second-order valence-electron chi connectivity index (χ2n) is 10.2. The molecule has 34 heavy (non-hydrogen) atoms. The number of hydrogen-bond acceptors (Lipinski definition) is 5. The smallest absolute Gasteiger partial charge is 0.263 e. The average Bonchev–Trinajstić information content (AvgIpc) is 3.54. The van der Waals surface area contributed by atoms with Crippen molar-refractivity contribution in [1.82, 2.24) is 20.7 Å². The molecule has 2 saturated heterocycles. The van der Waals surface area contributed by atoms with Gasteiger partial charge in [-0.1, -0.05) is 50.2 Å². The van der Waals surface area contributed by atoms with Crippen LogP contribution in [-0.2, 0) is 11.2 Å². The molecule has 7 heteroatoms. The Bertz CT molecular complexity index is 925. The van der Waals surface area contributed by atoms with Crippen molar-refractivity contribution in [1.29, 1.82) is 0 Å². The molecule has 0 aliphatic carbocycles. The lowest BCUT2D eigenvalue weighted by Crippen LogP contribution is -2.51. The average molecular weight is 483 g/mol. The molecule has 3 heterocycles. The van der Waals surface area contributed by atoms with Crippen LogP contribution in [-0.4, -0.2) is 59.9 Å². The molecular weight excluding hydrogens is 444 g/mol. The van der Waals surface area contributed by atoms with Gasteiger partial charge in [0, 0.05) is 32.2 Å². The van der Waals surface area contributed by atoms with E-state index in [2.05, 4.69) is 49.0 Å². The van der Waals surface area contributed by atoms with Crippen LogP contribution in [0.15, 0.2) is 47.8 Å². The van der Waals surface area contributed by atoms with Crippen molar-refractivity contribution in [2.24, 2.45) is 11.8 Å². The lowest BCUT2D eigenvalue weighted by atomic mass is 9.84. The van der Waals surface area contributed by atoms with E-state index in [1.165, 1.54) is 16.9 Å². The summed E-state index contributed by atoms with van der Waals surface area (Å²) in [5.74, 6) is 1.27. The van der Waals surface area contributed by atoms with Crippen LogP contribution >= 0.6 is 11.3 Å². The number of hydrazine groups is 1. The third-order valence-corrected chi connectivity index (χ3v) is 8.13. The van der Waals surface area contributed by atoms with Gasteiger partial charge in [-0.15, -0.1) is 11.3 Å². The highest BCUT2D eigenvalue weighted by Gasteiger charge is 2.37. The number of rotatable bonds is 8. The fourth-order valence-corrected chi connectivity index (χ4v) is 6.14. The number of carbonyl (C=O) groups excluding carboxylic acids is 2. The molecule has 0 saturated carbocycles. The summed E-state index contributed by atoms with van der Waals surface area (Å²) in [7, 11) is 1.94. The summed E-state index contributed by atoms with van der Waals surface area (Å²) in [5.41, 5.74) is 7.79. The van der Waals surface area contributed by atoms with Crippen LogP contribution in [0.2, 0.25) is 0 Å². The first-order valence-corrected chi connectivity index (χ1v) is 13.4. The molecule has 6 nitrogen and oxygen atoms in total. The van der Waals surface area contributed by atoms with Crippen molar-refractivity contribution in [3.8, 4) is 0 Å². The van der Waals surface area contributed by atoms with Gasteiger partial charge in [-0.05, 0) is 60.9 Å². The van der Waals surface area contributed by atoms with E-state index >= 15 is 0 Å². The molecule has 2 amide bonds. The van der Waals surface area contributed by atoms with E-state index in [0.29, 0.717) is 17.9 Å². The van der Waals surface area contributed by atoms with Crippen LogP contribution in [0.4, 0.5) is 0 Å². The number of amides is 2. The topological polar surface area (TPSA) is 64.7 Å². The van der Waals surface area contributed by atoms with Crippen LogP contribution in [0.1, 0.15) is 54.8 Å². The number of nitrogens with one attached hydrogen (secondary N) is 2. The van der Waals surface area contributed by atoms with Crippen molar-refractivity contribution in [3.63, 3.8) is 0 Å². The maximum Gasteiger partial charge on any atom is 0.263 e. The largest absolute Gasteiger partial charge is 0.341 e. The Balaban J connectivity index is 1.39. The summed E-state index contributed by atoms with van der Waals surface area (Å²) in [6.45, 7) is 5.94. The molecule has 0 bridgehead atoms. The van der Waals surface area contributed by atoms with Gasteiger partial charge in [0.2, 0.25) is 5.91 Å². The molecule has 2 fully saturated rings. The number of likely N-dealkylation sites (N-methyl/N-ethyl adjacent to an activating group) is 1. The van der Waals surface area contributed by atoms with Crippen LogP contribution in [0.5, 0.6) is 0 Å². The maximum absolute atomic E-state index is 13.2. The summed E-state index contributed by atoms with van der Waals surface area (Å²) in [5, 5.41) is 1.95. The van der Waals surface area contributed by atoms with Gasteiger partial charge in [-0.3, -0.25) is 15.0 Å². The zero-order valence-corrected chi connectivity index (χ0v) is 21.4. The first kappa shape index (κ1) is 24.9. The Hall–Kier alpha value is -2.22. The third kappa shape index (κ3) is 6.06. The van der Waals surface area contributed by atoms with Crippen molar-refractivity contribution < 1.29 is 9.59 Å². The molecule has 2 aromatic rings. The highest BCUT2D eigenvalue weighted by atomic mass is 32.1. The summed E-state index contributed by atoms with van der Waals surface area (Å²) in [6, 6.07) is 14.6. The van der Waals surface area contributed by atoms with Crippen molar-refractivity contribution in [3.05, 3.63) is 58.3 Å². The summed E-state index contributed by atoms with van der Waals surface area (Å²) in [4.78, 5) is 31.1. The molecule has 184 valence electrons. The van der Waals surface area contributed by atoms with Crippen molar-refractivity contribution >= 4 is 23.2 Å². The first-order valence-electron chi connectivity index (χ1n) is 12.6. The van der Waals surface area contributed by atoms with E-state index in [1.54, 1.807) is 0 Å². The molecular formula is C27H38N4O2S. The van der Waals surface area contributed by atoms with Crippen LogP contribution in [0.3, 0.4) is 0 Å². The lowest BCUT2D eigenvalue weighted by molar-refractivity contribution is -0.134. The Morgan fingerprint density at radius 2 is 1.82 bits per heavy atom. The number of hydrogen-bond donors (Lipinski definition) is 2. The predicted octanol–water partition coefficient (Wildman–Crippen LogP) is 3.95. The zero-order chi connectivity index (χ0) is 24.1. The van der Waals surface area contributed by atoms with Gasteiger partial charge in [-0.2, -0.15) is 0 Å². The number of thiophene rings is 1. The number of carbonyl (C=O) groups is 2. The zero-order valence-electron chi connectivity index (χ0n) is 20.6. The molecule has 1 aromatic carbocycles. The fraction of sp³-hybridized carbons (Fsp3) is 0.556. The van der Waals surface area contributed by atoms with Gasteiger partial charge < -0.3 is 9.80 Å². The second kappa shape index (κ2) is 11.5. The van der Waals surface area contributed by atoms with Gasteiger partial charge in [0.15, 0.2) is 0 Å². The lowest BCUT2D eigenvalue weighted by Gasteiger charge is -2.40. The number of nitrogens with zero attached hydrogens (tertiary/aromatic N) is 2. The van der Waals surface area contributed by atoms with Gasteiger partial charge in [-0.25, -0.2) is 5.43 Å². The monoisotopic (exact) mass is 482 g/mol. The maximum atomic E-state index is 13.2. The molecule has 4 rings (SSSR count). The predicted molar refractivity (Wildman–Crippen MR) is 138 cm³/mol. The molecule has 2 aliphatic heterocycles. The minimum Gasteiger partial charge on any atom is -0.341 e.